The van der Waals surface area contributed by atoms with E-state index in [1.165, 1.54) is 0 Å². The number of carbonyl (C=O) groups is 2. The minimum Gasteiger partial charge on any atom is -0.463 e. The van der Waals surface area contributed by atoms with Gasteiger partial charge in [-0.15, -0.1) is 4.79 Å². The molecule has 4 heteroatoms. The van der Waals surface area contributed by atoms with Gasteiger partial charge in [0.25, 0.3) is 0 Å². The highest BCUT2D eigenvalue weighted by molar-refractivity contribution is 5.81. The molecule has 0 aromatic heterocycles. The number of hydrogen-bond acceptors (Lipinski definition) is 4. The lowest BCUT2D eigenvalue weighted by Gasteiger charge is -2.00. The van der Waals surface area contributed by atoms with E-state index in [1.807, 2.05) is 0 Å². The SMILES string of the molecule is [CH+]=CC(=O)OCCCCOC(=O)C=C. The minimum atomic E-state index is -0.548. The van der Waals surface area contributed by atoms with Gasteiger partial charge in [-0.3, -0.25) is 0 Å². The third kappa shape index (κ3) is 7.00. The summed E-state index contributed by atoms with van der Waals surface area (Å²) in [5, 5.41) is 0. The van der Waals surface area contributed by atoms with Crippen molar-refractivity contribution in [2.24, 2.45) is 0 Å². The molecule has 0 aromatic carbocycles. The van der Waals surface area contributed by atoms with Crippen LogP contribution in [-0.4, -0.2) is 25.2 Å². The van der Waals surface area contributed by atoms with Gasteiger partial charge in [0.1, 0.15) is 6.61 Å². The van der Waals surface area contributed by atoms with Crippen LogP contribution in [0.1, 0.15) is 12.8 Å². The van der Waals surface area contributed by atoms with Crippen LogP contribution in [0.3, 0.4) is 0 Å². The monoisotopic (exact) mass is 197 g/mol. The Labute approximate surface area is 83.2 Å². The summed E-state index contributed by atoms with van der Waals surface area (Å²) in [6.07, 6.45) is 3.22. The molecule has 0 radical (unpaired) electrons. The van der Waals surface area contributed by atoms with Gasteiger partial charge >= 0.3 is 11.9 Å². The van der Waals surface area contributed by atoms with E-state index in [9.17, 15) is 9.59 Å². The van der Waals surface area contributed by atoms with E-state index < -0.39 is 11.9 Å². The lowest BCUT2D eigenvalue weighted by molar-refractivity contribution is -0.140. The van der Waals surface area contributed by atoms with Gasteiger partial charge in [0.05, 0.1) is 13.2 Å². The molecular formula is C10H13O4+. The molecule has 4 nitrogen and oxygen atoms in total. The molecule has 0 rings (SSSR count). The fourth-order valence-electron chi connectivity index (χ4n) is 0.657. The van der Waals surface area contributed by atoms with Gasteiger partial charge in [0.2, 0.25) is 6.08 Å². The Morgan fingerprint density at radius 3 is 2.07 bits per heavy atom. The maximum Gasteiger partial charge on any atom is 0.484 e. The Kier molecular flexibility index (Phi) is 7.00. The van der Waals surface area contributed by atoms with Crippen molar-refractivity contribution in [1.82, 2.24) is 0 Å². The maximum absolute atomic E-state index is 10.6. The molecule has 76 valence electrons. The number of esters is 2. The molecule has 0 amide bonds. The second-order valence-electron chi connectivity index (χ2n) is 2.41. The van der Waals surface area contributed by atoms with E-state index in [4.69, 9.17) is 11.3 Å². The Balaban J connectivity index is 3.21. The van der Waals surface area contributed by atoms with Crippen molar-refractivity contribution in [3.8, 4) is 0 Å². The van der Waals surface area contributed by atoms with Crippen molar-refractivity contribution >= 4 is 11.9 Å². The van der Waals surface area contributed by atoms with E-state index in [0.717, 1.165) is 12.2 Å². The number of hydrogen-bond donors (Lipinski definition) is 0. The number of rotatable bonds is 7. The number of unbranched alkanes of at least 4 members (excludes halogenated alkanes) is 1. The Hall–Kier alpha value is -1.67. The van der Waals surface area contributed by atoms with Crippen molar-refractivity contribution in [2.75, 3.05) is 13.2 Å². The summed E-state index contributed by atoms with van der Waals surface area (Å²) in [5.74, 6) is -0.995. The highest BCUT2D eigenvalue weighted by atomic mass is 16.5. The van der Waals surface area contributed by atoms with Crippen LogP contribution in [0, 0.1) is 6.58 Å². The highest BCUT2D eigenvalue weighted by Crippen LogP contribution is 1.93. The van der Waals surface area contributed by atoms with Crippen molar-refractivity contribution in [3.05, 3.63) is 25.3 Å². The third-order valence-electron chi connectivity index (χ3n) is 1.33. The highest BCUT2D eigenvalue weighted by Gasteiger charge is 2.04. The van der Waals surface area contributed by atoms with Crippen LogP contribution >= 0.6 is 0 Å². The van der Waals surface area contributed by atoms with Crippen LogP contribution in [0.4, 0.5) is 0 Å². The largest absolute Gasteiger partial charge is 0.484 e. The van der Waals surface area contributed by atoms with Crippen LogP contribution in [-0.2, 0) is 19.1 Å². The number of carbonyl (C=O) groups excluding carboxylic acids is 2. The van der Waals surface area contributed by atoms with Crippen LogP contribution in [0.15, 0.2) is 18.7 Å². The summed E-state index contributed by atoms with van der Waals surface area (Å²) in [6.45, 7) is 8.72. The van der Waals surface area contributed by atoms with Gasteiger partial charge in [-0.25, -0.2) is 4.79 Å². The first-order valence-corrected chi connectivity index (χ1v) is 4.21. The topological polar surface area (TPSA) is 52.6 Å². The van der Waals surface area contributed by atoms with Gasteiger partial charge < -0.3 is 9.47 Å². The summed E-state index contributed by atoms with van der Waals surface area (Å²) < 4.78 is 9.34. The molecule has 0 N–H and O–H groups in total. The molecule has 0 aromatic rings. The average Bonchev–Trinajstić information content (AvgIpc) is 2.22. The molecule has 0 saturated heterocycles. The Bertz CT molecular complexity index is 196. The van der Waals surface area contributed by atoms with Crippen LogP contribution < -0.4 is 0 Å². The van der Waals surface area contributed by atoms with E-state index in [1.54, 1.807) is 0 Å². The second-order valence-corrected chi connectivity index (χ2v) is 2.41. The zero-order valence-electron chi connectivity index (χ0n) is 7.90. The standard InChI is InChI=1S/C10H13O4/c1-3-9(11)13-7-5-6-8-14-10(12)4-2/h1,3-4H,2,5-8H2/q+1. The third-order valence-corrected chi connectivity index (χ3v) is 1.33. The van der Waals surface area contributed by atoms with Crippen LogP contribution in [0.2, 0.25) is 0 Å². The smallest absolute Gasteiger partial charge is 0.463 e. The molecule has 0 aliphatic heterocycles. The summed E-state index contributed by atoms with van der Waals surface area (Å²) in [5.41, 5.74) is 0. The quantitative estimate of drug-likeness (QED) is 0.265. The van der Waals surface area contributed by atoms with E-state index in [2.05, 4.69) is 11.3 Å². The lowest BCUT2D eigenvalue weighted by Crippen LogP contribution is -2.05. The van der Waals surface area contributed by atoms with Gasteiger partial charge in [0, 0.05) is 6.08 Å². The molecule has 0 aliphatic rings. The predicted molar refractivity (Wildman–Crippen MR) is 50.2 cm³/mol. The molecule has 0 fully saturated rings. The Morgan fingerprint density at radius 2 is 1.64 bits per heavy atom. The first kappa shape index (κ1) is 12.3. The average molecular weight is 197 g/mol. The molecule has 0 unspecified atom stereocenters. The van der Waals surface area contributed by atoms with Crippen LogP contribution in [0.5, 0.6) is 0 Å². The molecule has 0 bridgehead atoms. The van der Waals surface area contributed by atoms with E-state index in [-0.39, 0.29) is 6.61 Å². The van der Waals surface area contributed by atoms with Crippen LogP contribution in [0.25, 0.3) is 0 Å². The van der Waals surface area contributed by atoms with Crippen molar-refractivity contribution < 1.29 is 19.1 Å². The fraction of sp³-hybridized carbons (Fsp3) is 0.400. The lowest BCUT2D eigenvalue weighted by atomic mass is 10.3. The summed E-state index contributed by atoms with van der Waals surface area (Å²) >= 11 is 0. The van der Waals surface area contributed by atoms with Crippen molar-refractivity contribution in [2.45, 2.75) is 12.8 Å². The molecule has 0 heterocycles. The molecule has 0 spiro atoms. The first-order valence-electron chi connectivity index (χ1n) is 4.21. The van der Waals surface area contributed by atoms with Gasteiger partial charge in [0.15, 0.2) is 0 Å². The maximum atomic E-state index is 10.6. The normalized spacial score (nSPS) is 8.79. The fourth-order valence-corrected chi connectivity index (χ4v) is 0.657. The Morgan fingerprint density at radius 1 is 1.14 bits per heavy atom. The molecule has 14 heavy (non-hydrogen) atoms. The minimum absolute atomic E-state index is 0.276. The molecule has 0 aliphatic carbocycles. The zero-order chi connectivity index (χ0) is 10.8. The van der Waals surface area contributed by atoms with Gasteiger partial charge in [-0.1, -0.05) is 6.58 Å². The van der Waals surface area contributed by atoms with E-state index in [0.29, 0.717) is 19.4 Å². The summed E-state index contributed by atoms with van der Waals surface area (Å²) in [6, 6.07) is 0. The van der Waals surface area contributed by atoms with Crippen molar-refractivity contribution in [1.29, 1.82) is 0 Å². The second kappa shape index (κ2) is 7.95. The molecular weight excluding hydrogens is 184 g/mol. The summed E-state index contributed by atoms with van der Waals surface area (Å²) in [4.78, 5) is 21.0. The van der Waals surface area contributed by atoms with E-state index >= 15 is 0 Å². The molecule has 0 saturated carbocycles. The first-order chi connectivity index (χ1) is 6.70. The van der Waals surface area contributed by atoms with Crippen molar-refractivity contribution in [3.63, 3.8) is 0 Å². The summed E-state index contributed by atoms with van der Waals surface area (Å²) in [7, 11) is 0. The predicted octanol–water partition coefficient (Wildman–Crippen LogP) is 1.03. The zero-order valence-corrected chi connectivity index (χ0v) is 7.90. The van der Waals surface area contributed by atoms with Gasteiger partial charge in [-0.05, 0) is 12.8 Å². The van der Waals surface area contributed by atoms with Gasteiger partial charge in [-0.2, -0.15) is 0 Å². The number of ether oxygens (including phenoxy) is 2. The molecule has 0 atom stereocenters.